The maximum absolute atomic E-state index is 5.74. The molecule has 2 aromatic rings. The van der Waals surface area contributed by atoms with Gasteiger partial charge in [-0.1, -0.05) is 6.07 Å². The Morgan fingerprint density at radius 3 is 2.94 bits per heavy atom. The normalized spacial score (nSPS) is 10.4. The van der Waals surface area contributed by atoms with Gasteiger partial charge in [-0.3, -0.25) is 4.98 Å². The van der Waals surface area contributed by atoms with Gasteiger partial charge < -0.3 is 4.74 Å². The van der Waals surface area contributed by atoms with Crippen LogP contribution in [-0.2, 0) is 12.5 Å². The van der Waals surface area contributed by atoms with Crippen LogP contribution in [0.2, 0.25) is 0 Å². The van der Waals surface area contributed by atoms with Crippen LogP contribution in [0.25, 0.3) is 0 Å². The van der Waals surface area contributed by atoms with E-state index in [1.165, 1.54) is 0 Å². The first-order chi connectivity index (χ1) is 7.79. The number of thiazole rings is 1. The van der Waals surface area contributed by atoms with E-state index in [1.54, 1.807) is 16.8 Å². The zero-order valence-corrected chi connectivity index (χ0v) is 11.5. The molecule has 0 saturated heterocycles. The summed E-state index contributed by atoms with van der Waals surface area (Å²) in [5.74, 6) is 1.33. The number of hydrogen-bond acceptors (Lipinski definition) is 3. The van der Waals surface area contributed by atoms with E-state index in [0.717, 1.165) is 20.7 Å². The standard InChI is InChI=1S/C11H9BrClNOS/c12-10-3-8(4-13)1-2-11(10)15-6-9-5-14-7-16-9/h1-3,5,7H,4,6H2. The molecule has 2 rings (SSSR count). The largest absolute Gasteiger partial charge is 0.487 e. The summed E-state index contributed by atoms with van der Waals surface area (Å²) in [7, 11) is 0. The van der Waals surface area contributed by atoms with Crippen molar-refractivity contribution in [2.24, 2.45) is 0 Å². The number of benzene rings is 1. The van der Waals surface area contributed by atoms with E-state index in [0.29, 0.717) is 12.5 Å². The van der Waals surface area contributed by atoms with Gasteiger partial charge in [-0.05, 0) is 33.6 Å². The summed E-state index contributed by atoms with van der Waals surface area (Å²) in [6.07, 6.45) is 1.81. The summed E-state index contributed by atoms with van der Waals surface area (Å²) in [4.78, 5) is 5.10. The van der Waals surface area contributed by atoms with E-state index in [-0.39, 0.29) is 0 Å². The second-order valence-electron chi connectivity index (χ2n) is 3.15. The molecule has 0 unspecified atom stereocenters. The highest BCUT2D eigenvalue weighted by Crippen LogP contribution is 2.27. The lowest BCUT2D eigenvalue weighted by molar-refractivity contribution is 0.307. The van der Waals surface area contributed by atoms with E-state index in [1.807, 2.05) is 24.4 Å². The molecule has 0 amide bonds. The van der Waals surface area contributed by atoms with Crippen LogP contribution < -0.4 is 4.74 Å². The van der Waals surface area contributed by atoms with Crippen LogP contribution in [-0.4, -0.2) is 4.98 Å². The van der Waals surface area contributed by atoms with Gasteiger partial charge in [-0.2, -0.15) is 0 Å². The van der Waals surface area contributed by atoms with Crippen LogP contribution in [0.5, 0.6) is 5.75 Å². The first-order valence-electron chi connectivity index (χ1n) is 4.64. The van der Waals surface area contributed by atoms with Gasteiger partial charge in [0.1, 0.15) is 12.4 Å². The van der Waals surface area contributed by atoms with Crippen molar-refractivity contribution in [1.29, 1.82) is 0 Å². The van der Waals surface area contributed by atoms with Gasteiger partial charge in [0.15, 0.2) is 0 Å². The smallest absolute Gasteiger partial charge is 0.134 e. The highest BCUT2D eigenvalue weighted by Gasteiger charge is 2.03. The molecule has 0 radical (unpaired) electrons. The topological polar surface area (TPSA) is 22.1 Å². The lowest BCUT2D eigenvalue weighted by Gasteiger charge is -2.07. The maximum atomic E-state index is 5.74. The molecule has 0 atom stereocenters. The van der Waals surface area contributed by atoms with Gasteiger partial charge >= 0.3 is 0 Å². The first kappa shape index (κ1) is 11.9. The SMILES string of the molecule is ClCc1ccc(OCc2cncs2)c(Br)c1. The molecule has 84 valence electrons. The molecule has 1 aromatic carbocycles. The Hall–Kier alpha value is -0.580. The Morgan fingerprint density at radius 1 is 1.44 bits per heavy atom. The van der Waals surface area contributed by atoms with Crippen molar-refractivity contribution in [2.45, 2.75) is 12.5 Å². The van der Waals surface area contributed by atoms with Crippen LogP contribution in [0.4, 0.5) is 0 Å². The van der Waals surface area contributed by atoms with Crippen LogP contribution in [0, 0.1) is 0 Å². The summed E-state index contributed by atoms with van der Waals surface area (Å²) in [5, 5.41) is 0. The summed E-state index contributed by atoms with van der Waals surface area (Å²) < 4.78 is 6.59. The highest BCUT2D eigenvalue weighted by molar-refractivity contribution is 9.10. The lowest BCUT2D eigenvalue weighted by Crippen LogP contribution is -1.94. The average Bonchev–Trinajstić information content (AvgIpc) is 2.80. The van der Waals surface area contributed by atoms with Crippen molar-refractivity contribution in [3.8, 4) is 5.75 Å². The van der Waals surface area contributed by atoms with Gasteiger partial charge in [0.05, 0.1) is 14.9 Å². The fraction of sp³-hybridized carbons (Fsp3) is 0.182. The van der Waals surface area contributed by atoms with E-state index in [9.17, 15) is 0 Å². The molecule has 2 nitrogen and oxygen atoms in total. The molecule has 5 heteroatoms. The molecule has 0 saturated carbocycles. The molecule has 0 N–H and O–H groups in total. The van der Waals surface area contributed by atoms with Crippen LogP contribution in [0.3, 0.4) is 0 Å². The van der Waals surface area contributed by atoms with Crippen molar-refractivity contribution in [3.63, 3.8) is 0 Å². The van der Waals surface area contributed by atoms with E-state index >= 15 is 0 Å². The van der Waals surface area contributed by atoms with E-state index in [4.69, 9.17) is 16.3 Å². The van der Waals surface area contributed by atoms with Gasteiger partial charge in [0.2, 0.25) is 0 Å². The minimum absolute atomic E-state index is 0.508. The van der Waals surface area contributed by atoms with E-state index < -0.39 is 0 Å². The zero-order valence-electron chi connectivity index (χ0n) is 8.32. The summed E-state index contributed by atoms with van der Waals surface area (Å²) in [5.41, 5.74) is 2.86. The summed E-state index contributed by atoms with van der Waals surface area (Å²) >= 11 is 10.8. The molecule has 1 heterocycles. The predicted octanol–water partition coefficient (Wildman–Crippen LogP) is 4.22. The Labute approximate surface area is 111 Å². The fourth-order valence-corrected chi connectivity index (χ4v) is 2.42. The maximum Gasteiger partial charge on any atom is 0.134 e. The molecule has 0 bridgehead atoms. The third kappa shape index (κ3) is 2.97. The summed E-state index contributed by atoms with van der Waals surface area (Å²) in [6.45, 7) is 0.545. The Kier molecular flexibility index (Phi) is 4.21. The third-order valence-corrected chi connectivity index (χ3v) is 3.69. The number of aromatic nitrogens is 1. The van der Waals surface area contributed by atoms with Crippen molar-refractivity contribution in [2.75, 3.05) is 0 Å². The third-order valence-electron chi connectivity index (χ3n) is 2.00. The van der Waals surface area contributed by atoms with Crippen molar-refractivity contribution >= 4 is 38.9 Å². The van der Waals surface area contributed by atoms with Crippen molar-refractivity contribution in [1.82, 2.24) is 4.98 Å². The van der Waals surface area contributed by atoms with Crippen molar-refractivity contribution < 1.29 is 4.74 Å². The lowest BCUT2D eigenvalue weighted by atomic mass is 10.2. The first-order valence-corrected chi connectivity index (χ1v) is 6.85. The number of nitrogens with zero attached hydrogens (tertiary/aromatic N) is 1. The van der Waals surface area contributed by atoms with Gasteiger partial charge in [0.25, 0.3) is 0 Å². The number of alkyl halides is 1. The molecule has 0 spiro atoms. The molecule has 1 aromatic heterocycles. The van der Waals surface area contributed by atoms with Gasteiger partial charge in [-0.15, -0.1) is 22.9 Å². The van der Waals surface area contributed by atoms with Crippen LogP contribution >= 0.6 is 38.9 Å². The Morgan fingerprint density at radius 2 is 2.31 bits per heavy atom. The highest BCUT2D eigenvalue weighted by atomic mass is 79.9. The number of ether oxygens (including phenoxy) is 1. The van der Waals surface area contributed by atoms with Gasteiger partial charge in [-0.25, -0.2) is 0 Å². The van der Waals surface area contributed by atoms with Gasteiger partial charge in [0, 0.05) is 12.1 Å². The van der Waals surface area contributed by atoms with Crippen LogP contribution in [0.15, 0.2) is 34.4 Å². The predicted molar refractivity (Wildman–Crippen MR) is 70.1 cm³/mol. The number of halogens is 2. The minimum Gasteiger partial charge on any atom is -0.487 e. The molecular weight excluding hydrogens is 310 g/mol. The number of hydrogen-bond donors (Lipinski definition) is 0. The Balaban J connectivity index is 2.04. The fourth-order valence-electron chi connectivity index (χ4n) is 1.21. The molecule has 0 aliphatic heterocycles. The molecular formula is C11H9BrClNOS. The molecule has 0 aliphatic rings. The Bertz CT molecular complexity index is 461. The second-order valence-corrected chi connectivity index (χ2v) is 5.25. The number of rotatable bonds is 4. The van der Waals surface area contributed by atoms with Crippen LogP contribution in [0.1, 0.15) is 10.4 Å². The quantitative estimate of drug-likeness (QED) is 0.787. The second kappa shape index (κ2) is 5.66. The van der Waals surface area contributed by atoms with Crippen molar-refractivity contribution in [3.05, 3.63) is 44.8 Å². The molecule has 0 aliphatic carbocycles. The zero-order chi connectivity index (χ0) is 11.4. The molecule has 16 heavy (non-hydrogen) atoms. The monoisotopic (exact) mass is 317 g/mol. The average molecular weight is 319 g/mol. The summed E-state index contributed by atoms with van der Waals surface area (Å²) in [6, 6.07) is 5.84. The minimum atomic E-state index is 0.508. The molecule has 0 fully saturated rings. The van der Waals surface area contributed by atoms with E-state index in [2.05, 4.69) is 20.9 Å².